The van der Waals surface area contributed by atoms with Crippen LogP contribution in [-0.2, 0) is 20.4 Å². The molecule has 98 valence electrons. The van der Waals surface area contributed by atoms with Gasteiger partial charge in [0.2, 0.25) is 0 Å². The number of halogens is 1. The van der Waals surface area contributed by atoms with Gasteiger partial charge in [0.1, 0.15) is 10.6 Å². The Morgan fingerprint density at radius 2 is 2.18 bits per heavy atom. The van der Waals surface area contributed by atoms with Crippen LogP contribution in [0.1, 0.15) is 38.9 Å². The summed E-state index contributed by atoms with van der Waals surface area (Å²) in [5, 5.41) is 4.21. The molecule has 0 N–H and O–H groups in total. The first-order valence-corrected chi connectivity index (χ1v) is 7.81. The Balaban J connectivity index is 3.12. The van der Waals surface area contributed by atoms with E-state index in [0.29, 0.717) is 12.3 Å². The molecule has 0 aromatic carbocycles. The molecule has 0 aliphatic rings. The van der Waals surface area contributed by atoms with Crippen molar-refractivity contribution in [3.05, 3.63) is 11.9 Å². The predicted molar refractivity (Wildman–Crippen MR) is 65.6 cm³/mol. The maximum atomic E-state index is 11.4. The molecular formula is C10H17ClN2O3S. The number of hydrogen-bond acceptors (Lipinski definition) is 4. The van der Waals surface area contributed by atoms with Crippen LogP contribution < -0.4 is 0 Å². The van der Waals surface area contributed by atoms with Gasteiger partial charge in [0, 0.05) is 29.5 Å². The van der Waals surface area contributed by atoms with Crippen molar-refractivity contribution in [2.75, 3.05) is 6.61 Å². The molecule has 0 aliphatic heterocycles. The average molecular weight is 281 g/mol. The van der Waals surface area contributed by atoms with Crippen molar-refractivity contribution in [2.45, 2.75) is 44.7 Å². The van der Waals surface area contributed by atoms with Crippen LogP contribution in [0.25, 0.3) is 0 Å². The summed E-state index contributed by atoms with van der Waals surface area (Å²) in [5.41, 5.74) is 0.363. The molecule has 0 fully saturated rings. The zero-order valence-electron chi connectivity index (χ0n) is 10.2. The lowest BCUT2D eigenvalue weighted by Gasteiger charge is -2.07. The average Bonchev–Trinajstić information content (AvgIpc) is 2.69. The normalized spacial score (nSPS) is 13.9. The molecule has 17 heavy (non-hydrogen) atoms. The molecule has 1 heterocycles. The second-order valence-corrected chi connectivity index (χ2v) is 6.29. The summed E-state index contributed by atoms with van der Waals surface area (Å²) in [6.45, 7) is 6.45. The maximum Gasteiger partial charge on any atom is 0.264 e. The fourth-order valence-corrected chi connectivity index (χ4v) is 2.33. The molecule has 1 aromatic heterocycles. The van der Waals surface area contributed by atoms with Gasteiger partial charge in [0.05, 0.1) is 6.61 Å². The van der Waals surface area contributed by atoms with Gasteiger partial charge in [-0.05, 0) is 20.3 Å². The van der Waals surface area contributed by atoms with Crippen molar-refractivity contribution in [1.82, 2.24) is 9.78 Å². The van der Waals surface area contributed by atoms with Gasteiger partial charge in [-0.2, -0.15) is 5.10 Å². The summed E-state index contributed by atoms with van der Waals surface area (Å²) in [6, 6.07) is 0.127. The third-order valence-electron chi connectivity index (χ3n) is 2.52. The number of ether oxygens (including phenoxy) is 1. The summed E-state index contributed by atoms with van der Waals surface area (Å²) in [7, 11) is 1.59. The third-order valence-corrected chi connectivity index (χ3v) is 3.88. The molecule has 0 saturated heterocycles. The van der Waals surface area contributed by atoms with Crippen LogP contribution in [0.3, 0.4) is 0 Å². The molecule has 0 aliphatic carbocycles. The smallest absolute Gasteiger partial charge is 0.264 e. The number of rotatable bonds is 6. The molecular weight excluding hydrogens is 264 g/mol. The molecule has 0 bridgehead atoms. The fraction of sp³-hybridized carbons (Fsp3) is 0.700. The van der Waals surface area contributed by atoms with Gasteiger partial charge < -0.3 is 4.74 Å². The van der Waals surface area contributed by atoms with E-state index < -0.39 is 9.05 Å². The van der Waals surface area contributed by atoms with Crippen molar-refractivity contribution in [2.24, 2.45) is 0 Å². The summed E-state index contributed by atoms with van der Waals surface area (Å²) in [5.74, 6) is 0. The lowest BCUT2D eigenvalue weighted by Crippen LogP contribution is -2.05. The first-order valence-electron chi connectivity index (χ1n) is 5.50. The summed E-state index contributed by atoms with van der Waals surface area (Å²) in [4.78, 5) is 0.0351. The third kappa shape index (κ3) is 3.69. The van der Waals surface area contributed by atoms with E-state index in [2.05, 4.69) is 5.10 Å². The lowest BCUT2D eigenvalue weighted by molar-refractivity contribution is 0.129. The highest BCUT2D eigenvalue weighted by molar-refractivity contribution is 8.13. The van der Waals surface area contributed by atoms with Crippen molar-refractivity contribution in [3.8, 4) is 0 Å². The van der Waals surface area contributed by atoms with Gasteiger partial charge in [-0.15, -0.1) is 0 Å². The van der Waals surface area contributed by atoms with Crippen LogP contribution in [0.5, 0.6) is 0 Å². The monoisotopic (exact) mass is 280 g/mol. The van der Waals surface area contributed by atoms with Gasteiger partial charge in [-0.25, -0.2) is 8.42 Å². The van der Waals surface area contributed by atoms with Gasteiger partial charge in [0.25, 0.3) is 9.05 Å². The largest absolute Gasteiger partial charge is 0.375 e. The van der Waals surface area contributed by atoms with Crippen molar-refractivity contribution < 1.29 is 13.2 Å². The second-order valence-electron chi connectivity index (χ2n) is 3.75. The van der Waals surface area contributed by atoms with E-state index in [1.54, 1.807) is 4.68 Å². The van der Waals surface area contributed by atoms with Crippen molar-refractivity contribution in [3.63, 3.8) is 0 Å². The van der Waals surface area contributed by atoms with Crippen LogP contribution >= 0.6 is 10.7 Å². The lowest BCUT2D eigenvalue weighted by atomic mass is 10.3. The van der Waals surface area contributed by atoms with Gasteiger partial charge in [-0.1, -0.05) is 6.92 Å². The highest BCUT2D eigenvalue weighted by atomic mass is 35.7. The summed E-state index contributed by atoms with van der Waals surface area (Å²) < 4.78 is 29.6. The molecule has 0 spiro atoms. The van der Waals surface area contributed by atoms with Gasteiger partial charge in [-0.3, -0.25) is 4.68 Å². The zero-order chi connectivity index (χ0) is 13.1. The second kappa shape index (κ2) is 5.84. The Kier molecular flexibility index (Phi) is 4.97. The van der Waals surface area contributed by atoms with E-state index in [0.717, 1.165) is 6.42 Å². The molecule has 1 rings (SSSR count). The quantitative estimate of drug-likeness (QED) is 0.750. The van der Waals surface area contributed by atoms with E-state index in [9.17, 15) is 8.42 Å². The molecule has 0 radical (unpaired) electrons. The minimum Gasteiger partial charge on any atom is -0.375 e. The maximum absolute atomic E-state index is 11.4. The number of aromatic nitrogens is 2. The number of hydrogen-bond donors (Lipinski definition) is 0. The molecule has 0 saturated carbocycles. The van der Waals surface area contributed by atoms with E-state index in [1.807, 2.05) is 20.8 Å². The van der Waals surface area contributed by atoms with Crippen LogP contribution in [0.15, 0.2) is 11.1 Å². The van der Waals surface area contributed by atoms with Crippen LogP contribution in [0, 0.1) is 0 Å². The SMILES string of the molecule is CCOCc1nn(C(C)CC)cc1S(=O)(=O)Cl. The Morgan fingerprint density at radius 1 is 1.53 bits per heavy atom. The van der Waals surface area contributed by atoms with Crippen molar-refractivity contribution >= 4 is 19.7 Å². The molecule has 1 aromatic rings. The Bertz CT molecular complexity index is 470. The van der Waals surface area contributed by atoms with Crippen molar-refractivity contribution in [1.29, 1.82) is 0 Å². The van der Waals surface area contributed by atoms with Crippen LogP contribution in [0.4, 0.5) is 0 Å². The fourth-order valence-electron chi connectivity index (χ4n) is 1.33. The van der Waals surface area contributed by atoms with E-state index in [-0.39, 0.29) is 17.5 Å². The van der Waals surface area contributed by atoms with Crippen LogP contribution in [0.2, 0.25) is 0 Å². The first-order chi connectivity index (χ1) is 7.90. The Morgan fingerprint density at radius 3 is 2.65 bits per heavy atom. The Hall–Kier alpha value is -0.590. The van der Waals surface area contributed by atoms with Gasteiger partial charge in [0.15, 0.2) is 0 Å². The highest BCUT2D eigenvalue weighted by Gasteiger charge is 2.21. The minimum absolute atomic E-state index is 0.0351. The first kappa shape index (κ1) is 14.5. The summed E-state index contributed by atoms with van der Waals surface area (Å²) >= 11 is 0. The molecule has 0 amide bonds. The standard InChI is InChI=1S/C10H17ClN2O3S/c1-4-8(3)13-6-10(17(11,14)15)9(12-13)7-16-5-2/h6,8H,4-5,7H2,1-3H3. The molecule has 1 atom stereocenters. The number of nitrogens with zero attached hydrogens (tertiary/aromatic N) is 2. The Labute approximate surface area is 106 Å². The molecule has 7 heteroatoms. The minimum atomic E-state index is -3.78. The molecule has 1 unspecified atom stereocenters. The predicted octanol–water partition coefficient (Wildman–Crippen LogP) is 2.32. The van der Waals surface area contributed by atoms with E-state index in [4.69, 9.17) is 15.4 Å². The zero-order valence-corrected chi connectivity index (χ0v) is 11.8. The van der Waals surface area contributed by atoms with Crippen LogP contribution in [-0.4, -0.2) is 24.8 Å². The summed E-state index contributed by atoms with van der Waals surface area (Å²) in [6.07, 6.45) is 2.32. The highest BCUT2D eigenvalue weighted by Crippen LogP contribution is 2.22. The van der Waals surface area contributed by atoms with E-state index >= 15 is 0 Å². The molecule has 5 nitrogen and oxygen atoms in total. The van der Waals surface area contributed by atoms with E-state index in [1.165, 1.54) is 6.20 Å². The van der Waals surface area contributed by atoms with Gasteiger partial charge >= 0.3 is 0 Å². The topological polar surface area (TPSA) is 61.2 Å².